The van der Waals surface area contributed by atoms with E-state index in [4.69, 9.17) is 16.3 Å². The lowest BCUT2D eigenvalue weighted by Gasteiger charge is -2.26. The largest absolute Gasteiger partial charge is 0.382 e. The van der Waals surface area contributed by atoms with Gasteiger partial charge >= 0.3 is 0 Å². The molecule has 1 saturated carbocycles. The van der Waals surface area contributed by atoms with Crippen molar-refractivity contribution in [3.8, 4) is 0 Å². The van der Waals surface area contributed by atoms with E-state index in [1.165, 1.54) is 25.7 Å². The average molecular weight is 268 g/mol. The molecule has 18 heavy (non-hydrogen) atoms. The van der Waals surface area contributed by atoms with E-state index < -0.39 is 0 Å². The molecule has 2 nitrogen and oxygen atoms in total. The van der Waals surface area contributed by atoms with E-state index in [1.54, 1.807) is 0 Å². The van der Waals surface area contributed by atoms with Gasteiger partial charge in [-0.2, -0.15) is 0 Å². The minimum absolute atomic E-state index is 0.467. The molecule has 0 radical (unpaired) electrons. The summed E-state index contributed by atoms with van der Waals surface area (Å²) in [6, 6.07) is 7.81. The summed E-state index contributed by atoms with van der Waals surface area (Å²) in [7, 11) is 0. The fourth-order valence-electron chi connectivity index (χ4n) is 2.41. The number of benzene rings is 1. The van der Waals surface area contributed by atoms with Crippen LogP contribution in [-0.4, -0.2) is 19.3 Å². The first kappa shape index (κ1) is 13.7. The summed E-state index contributed by atoms with van der Waals surface area (Å²) in [6.45, 7) is 3.90. The number of anilines is 1. The molecule has 0 unspecified atom stereocenters. The number of rotatable bonds is 5. The Labute approximate surface area is 115 Å². The Morgan fingerprint density at radius 2 is 1.94 bits per heavy atom. The van der Waals surface area contributed by atoms with Crippen molar-refractivity contribution in [2.45, 2.75) is 38.7 Å². The van der Waals surface area contributed by atoms with E-state index >= 15 is 0 Å². The van der Waals surface area contributed by atoms with Crippen molar-refractivity contribution in [3.05, 3.63) is 29.3 Å². The van der Waals surface area contributed by atoms with Crippen molar-refractivity contribution in [2.24, 2.45) is 5.92 Å². The maximum absolute atomic E-state index is 6.06. The molecular weight excluding hydrogens is 246 g/mol. The van der Waals surface area contributed by atoms with E-state index in [-0.39, 0.29) is 0 Å². The molecule has 0 saturated heterocycles. The third-order valence-corrected chi connectivity index (χ3v) is 3.94. The zero-order valence-corrected chi connectivity index (χ0v) is 11.7. The second-order valence-electron chi connectivity index (χ2n) is 5.16. The Balaban J connectivity index is 1.63. The van der Waals surface area contributed by atoms with Crippen LogP contribution in [0.1, 0.15) is 32.6 Å². The fourth-order valence-corrected chi connectivity index (χ4v) is 2.61. The molecule has 0 aliphatic heterocycles. The molecule has 0 atom stereocenters. The minimum Gasteiger partial charge on any atom is -0.382 e. The van der Waals surface area contributed by atoms with E-state index in [2.05, 4.69) is 12.2 Å². The van der Waals surface area contributed by atoms with Gasteiger partial charge in [0.15, 0.2) is 0 Å². The van der Waals surface area contributed by atoms with Crippen LogP contribution >= 0.6 is 11.6 Å². The van der Waals surface area contributed by atoms with Crippen LogP contribution in [0.5, 0.6) is 0 Å². The number of ether oxygens (including phenoxy) is 1. The third kappa shape index (κ3) is 4.18. The van der Waals surface area contributed by atoms with Gasteiger partial charge < -0.3 is 10.1 Å². The maximum Gasteiger partial charge on any atom is 0.0642 e. The predicted octanol–water partition coefficient (Wildman–Crippen LogP) is 4.35. The van der Waals surface area contributed by atoms with Gasteiger partial charge in [0.2, 0.25) is 0 Å². The number of hydrogen-bond acceptors (Lipinski definition) is 2. The maximum atomic E-state index is 6.06. The number of para-hydroxylation sites is 1. The van der Waals surface area contributed by atoms with Gasteiger partial charge in [-0.3, -0.25) is 0 Å². The van der Waals surface area contributed by atoms with E-state index in [0.717, 1.165) is 29.8 Å². The van der Waals surface area contributed by atoms with Gasteiger partial charge in [-0.25, -0.2) is 0 Å². The van der Waals surface area contributed by atoms with Gasteiger partial charge in [-0.1, -0.05) is 30.7 Å². The molecule has 1 aliphatic carbocycles. The van der Waals surface area contributed by atoms with Crippen LogP contribution in [-0.2, 0) is 4.74 Å². The highest BCUT2D eigenvalue weighted by Crippen LogP contribution is 2.25. The van der Waals surface area contributed by atoms with Gasteiger partial charge in [-0.05, 0) is 43.7 Å². The zero-order valence-electron chi connectivity index (χ0n) is 11.0. The van der Waals surface area contributed by atoms with Crippen molar-refractivity contribution in [3.63, 3.8) is 0 Å². The quantitative estimate of drug-likeness (QED) is 0.801. The first-order valence-electron chi connectivity index (χ1n) is 6.85. The second kappa shape index (κ2) is 7.01. The Morgan fingerprint density at radius 1 is 1.22 bits per heavy atom. The molecule has 0 bridgehead atoms. The van der Waals surface area contributed by atoms with Crippen LogP contribution in [0.4, 0.5) is 5.69 Å². The molecule has 0 amide bonds. The molecular formula is C15H22ClNO. The van der Waals surface area contributed by atoms with E-state index in [1.807, 2.05) is 24.3 Å². The standard InChI is InChI=1S/C15H22ClNO/c1-12-6-8-13(9-7-12)18-11-10-17-15-5-3-2-4-14(15)16/h2-5,12-13,17H,6-11H2,1H3. The lowest BCUT2D eigenvalue weighted by atomic mass is 9.89. The summed E-state index contributed by atoms with van der Waals surface area (Å²) in [5, 5.41) is 4.07. The van der Waals surface area contributed by atoms with Gasteiger partial charge in [0.05, 0.1) is 23.4 Å². The number of hydrogen-bond donors (Lipinski definition) is 1. The first-order valence-corrected chi connectivity index (χ1v) is 7.23. The Bertz CT molecular complexity index is 361. The van der Waals surface area contributed by atoms with Crippen molar-refractivity contribution >= 4 is 17.3 Å². The summed E-state index contributed by atoms with van der Waals surface area (Å²) in [6.07, 6.45) is 5.51. The summed E-state index contributed by atoms with van der Waals surface area (Å²) in [4.78, 5) is 0. The van der Waals surface area contributed by atoms with Crippen LogP contribution in [0.15, 0.2) is 24.3 Å². The van der Waals surface area contributed by atoms with Gasteiger partial charge in [0, 0.05) is 6.54 Å². The molecule has 1 fully saturated rings. The lowest BCUT2D eigenvalue weighted by molar-refractivity contribution is 0.0257. The van der Waals surface area contributed by atoms with Crippen molar-refractivity contribution in [2.75, 3.05) is 18.5 Å². The Kier molecular flexibility index (Phi) is 5.33. The molecule has 0 aromatic heterocycles. The summed E-state index contributed by atoms with van der Waals surface area (Å²) < 4.78 is 5.89. The SMILES string of the molecule is CC1CCC(OCCNc2ccccc2Cl)CC1. The van der Waals surface area contributed by atoms with Crippen LogP contribution in [0, 0.1) is 5.92 Å². The number of nitrogens with one attached hydrogen (secondary N) is 1. The van der Waals surface area contributed by atoms with Crippen molar-refractivity contribution in [1.29, 1.82) is 0 Å². The number of halogens is 1. The normalized spacial score (nSPS) is 23.9. The predicted molar refractivity (Wildman–Crippen MR) is 77.3 cm³/mol. The highest BCUT2D eigenvalue weighted by Gasteiger charge is 2.18. The van der Waals surface area contributed by atoms with Gasteiger partial charge in [0.25, 0.3) is 0 Å². The highest BCUT2D eigenvalue weighted by molar-refractivity contribution is 6.33. The van der Waals surface area contributed by atoms with Gasteiger partial charge in [0.1, 0.15) is 0 Å². The van der Waals surface area contributed by atoms with Crippen LogP contribution in [0.3, 0.4) is 0 Å². The summed E-state index contributed by atoms with van der Waals surface area (Å²) in [5.74, 6) is 0.881. The molecule has 3 heteroatoms. The highest BCUT2D eigenvalue weighted by atomic mass is 35.5. The first-order chi connectivity index (χ1) is 8.75. The zero-order chi connectivity index (χ0) is 12.8. The molecule has 2 rings (SSSR count). The van der Waals surface area contributed by atoms with Gasteiger partial charge in [-0.15, -0.1) is 0 Å². The van der Waals surface area contributed by atoms with Crippen molar-refractivity contribution in [1.82, 2.24) is 0 Å². The molecule has 0 spiro atoms. The minimum atomic E-state index is 0.467. The molecule has 0 heterocycles. The van der Waals surface area contributed by atoms with Crippen LogP contribution in [0.2, 0.25) is 5.02 Å². The monoisotopic (exact) mass is 267 g/mol. The second-order valence-corrected chi connectivity index (χ2v) is 5.57. The Hall–Kier alpha value is -0.730. The third-order valence-electron chi connectivity index (χ3n) is 3.61. The Morgan fingerprint density at radius 3 is 2.67 bits per heavy atom. The lowest BCUT2D eigenvalue weighted by Crippen LogP contribution is -2.23. The van der Waals surface area contributed by atoms with E-state index in [0.29, 0.717) is 6.10 Å². The molecule has 100 valence electrons. The smallest absolute Gasteiger partial charge is 0.0642 e. The van der Waals surface area contributed by atoms with E-state index in [9.17, 15) is 0 Å². The molecule has 1 aromatic carbocycles. The molecule has 1 aromatic rings. The van der Waals surface area contributed by atoms with Crippen molar-refractivity contribution < 1.29 is 4.74 Å². The molecule has 1 aliphatic rings. The topological polar surface area (TPSA) is 21.3 Å². The van der Waals surface area contributed by atoms with Crippen LogP contribution in [0.25, 0.3) is 0 Å². The summed E-state index contributed by atoms with van der Waals surface area (Å²) >= 11 is 6.06. The van der Waals surface area contributed by atoms with Crippen LogP contribution < -0.4 is 5.32 Å². The summed E-state index contributed by atoms with van der Waals surface area (Å²) in [5.41, 5.74) is 0.986. The fraction of sp³-hybridized carbons (Fsp3) is 0.600. The molecule has 1 N–H and O–H groups in total. The average Bonchev–Trinajstić information content (AvgIpc) is 2.39.